The van der Waals surface area contributed by atoms with Gasteiger partial charge >= 0.3 is 0 Å². The Balaban J connectivity index is 2.50. The molecule has 0 aromatic heterocycles. The van der Waals surface area contributed by atoms with E-state index in [1.807, 2.05) is 13.8 Å². The molecule has 0 saturated carbocycles. The van der Waals surface area contributed by atoms with Crippen LogP contribution in [0.25, 0.3) is 0 Å². The zero-order chi connectivity index (χ0) is 19.4. The van der Waals surface area contributed by atoms with Crippen molar-refractivity contribution in [2.75, 3.05) is 26.2 Å². The number of nitro benzene ring substituents is 1. The van der Waals surface area contributed by atoms with Crippen LogP contribution in [0.4, 0.5) is 5.69 Å². The fraction of sp³-hybridized carbons (Fsp3) is 0.444. The van der Waals surface area contributed by atoms with Gasteiger partial charge in [-0.1, -0.05) is 26.0 Å². The predicted molar refractivity (Wildman–Crippen MR) is 95.7 cm³/mol. The van der Waals surface area contributed by atoms with Crippen LogP contribution in [0, 0.1) is 10.1 Å². The molecule has 0 radical (unpaired) electrons. The Morgan fingerprint density at radius 3 is 2.46 bits per heavy atom. The molecule has 26 heavy (non-hydrogen) atoms. The molecule has 0 fully saturated rings. The van der Waals surface area contributed by atoms with Crippen LogP contribution in [-0.4, -0.2) is 57.7 Å². The summed E-state index contributed by atoms with van der Waals surface area (Å²) in [7, 11) is 0. The highest BCUT2D eigenvalue weighted by atomic mass is 16.6. The number of ketones is 1. The zero-order valence-corrected chi connectivity index (χ0v) is 15.1. The minimum Gasteiger partial charge on any atom is -0.503 e. The molecule has 1 aromatic carbocycles. The predicted octanol–water partition coefficient (Wildman–Crippen LogP) is 2.22. The summed E-state index contributed by atoms with van der Waals surface area (Å²) >= 11 is 0. The molecule has 1 aromatic rings. The normalized spacial score (nSPS) is 17.3. The highest BCUT2D eigenvalue weighted by molar-refractivity contribution is 6.08. The summed E-state index contributed by atoms with van der Waals surface area (Å²) < 4.78 is 0. The number of rotatable bonds is 8. The van der Waals surface area contributed by atoms with Crippen molar-refractivity contribution < 1.29 is 19.6 Å². The van der Waals surface area contributed by atoms with Crippen molar-refractivity contribution in [3.05, 3.63) is 51.3 Å². The topological polar surface area (TPSA) is 104 Å². The Bertz CT molecular complexity index is 755. The van der Waals surface area contributed by atoms with Gasteiger partial charge in [0.25, 0.3) is 11.6 Å². The van der Waals surface area contributed by atoms with Gasteiger partial charge in [0.05, 0.1) is 22.1 Å². The number of benzene rings is 1. The van der Waals surface area contributed by atoms with Crippen LogP contribution >= 0.6 is 0 Å². The third kappa shape index (κ3) is 3.60. The van der Waals surface area contributed by atoms with Gasteiger partial charge in [0.2, 0.25) is 0 Å². The number of nitro groups is 1. The van der Waals surface area contributed by atoms with Gasteiger partial charge in [-0.25, -0.2) is 0 Å². The van der Waals surface area contributed by atoms with E-state index >= 15 is 0 Å². The first-order valence-corrected chi connectivity index (χ1v) is 8.54. The molecule has 1 N–H and O–H groups in total. The van der Waals surface area contributed by atoms with Crippen molar-refractivity contribution in [2.45, 2.75) is 26.8 Å². The number of hydrogen-bond acceptors (Lipinski definition) is 6. The van der Waals surface area contributed by atoms with Gasteiger partial charge in [0.15, 0.2) is 11.5 Å². The van der Waals surface area contributed by atoms with Gasteiger partial charge in [0, 0.05) is 19.2 Å². The number of likely N-dealkylation sites (N-methyl/N-ethyl adjacent to an activating group) is 1. The molecule has 2 rings (SSSR count). The van der Waals surface area contributed by atoms with Crippen LogP contribution in [0.15, 0.2) is 35.6 Å². The Morgan fingerprint density at radius 2 is 1.92 bits per heavy atom. The maximum Gasteiger partial charge on any atom is 0.290 e. The molecule has 1 amide bonds. The van der Waals surface area contributed by atoms with E-state index in [0.717, 1.165) is 13.1 Å². The van der Waals surface area contributed by atoms with E-state index in [0.29, 0.717) is 6.54 Å². The molecule has 8 heteroatoms. The number of hydrogen-bond donors (Lipinski definition) is 1. The van der Waals surface area contributed by atoms with E-state index in [2.05, 4.69) is 4.90 Å². The van der Waals surface area contributed by atoms with E-state index in [1.165, 1.54) is 30.0 Å². The Labute approximate surface area is 151 Å². The quantitative estimate of drug-likeness (QED) is 0.562. The van der Waals surface area contributed by atoms with Crippen molar-refractivity contribution in [3.8, 4) is 0 Å². The molecule has 1 heterocycles. The molecule has 0 saturated heterocycles. The third-order valence-corrected chi connectivity index (χ3v) is 4.66. The van der Waals surface area contributed by atoms with Crippen LogP contribution in [0.2, 0.25) is 0 Å². The molecular weight excluding hydrogens is 338 g/mol. The van der Waals surface area contributed by atoms with E-state index in [-0.39, 0.29) is 23.4 Å². The Morgan fingerprint density at radius 1 is 1.31 bits per heavy atom. The van der Waals surface area contributed by atoms with Gasteiger partial charge in [0.1, 0.15) is 0 Å². The number of aliphatic hydroxyl groups is 1. The number of nitrogens with zero attached hydrogens (tertiary/aromatic N) is 3. The summed E-state index contributed by atoms with van der Waals surface area (Å²) in [6.07, 6.45) is 0. The van der Waals surface area contributed by atoms with Crippen LogP contribution in [0.1, 0.15) is 32.4 Å². The van der Waals surface area contributed by atoms with Crippen molar-refractivity contribution >= 4 is 17.4 Å². The lowest BCUT2D eigenvalue weighted by atomic mass is 9.95. The van der Waals surface area contributed by atoms with Gasteiger partial charge in [-0.05, 0) is 26.1 Å². The maximum atomic E-state index is 12.6. The molecule has 1 aliphatic rings. The molecule has 0 unspecified atom stereocenters. The van der Waals surface area contributed by atoms with E-state index in [9.17, 15) is 24.8 Å². The van der Waals surface area contributed by atoms with Crippen LogP contribution in [-0.2, 0) is 9.59 Å². The van der Waals surface area contributed by atoms with Crippen molar-refractivity contribution in [3.63, 3.8) is 0 Å². The second kappa shape index (κ2) is 8.09. The fourth-order valence-electron chi connectivity index (χ4n) is 3.24. The summed E-state index contributed by atoms with van der Waals surface area (Å²) in [4.78, 5) is 38.9. The third-order valence-electron chi connectivity index (χ3n) is 4.66. The Hall–Kier alpha value is -2.74. The number of carbonyl (C=O) groups excluding carboxylic acids is 2. The first kappa shape index (κ1) is 19.6. The number of amides is 1. The van der Waals surface area contributed by atoms with E-state index in [4.69, 9.17) is 0 Å². The average Bonchev–Trinajstić information content (AvgIpc) is 2.87. The van der Waals surface area contributed by atoms with Crippen LogP contribution in [0.5, 0.6) is 0 Å². The molecule has 0 bridgehead atoms. The SMILES string of the molecule is CCN(CC)CCN1C(=O)C(O)=C(C(C)=O)[C@@H]1c1ccccc1[N+](=O)[O-]. The maximum absolute atomic E-state index is 12.6. The fourth-order valence-corrected chi connectivity index (χ4v) is 3.24. The summed E-state index contributed by atoms with van der Waals surface area (Å²) in [6, 6.07) is 5.02. The molecule has 140 valence electrons. The highest BCUT2D eigenvalue weighted by Crippen LogP contribution is 2.40. The first-order valence-electron chi connectivity index (χ1n) is 8.54. The van der Waals surface area contributed by atoms with Gasteiger partial charge < -0.3 is 14.9 Å². The minimum atomic E-state index is -0.961. The van der Waals surface area contributed by atoms with Gasteiger partial charge in [-0.2, -0.15) is 0 Å². The first-order chi connectivity index (χ1) is 12.3. The molecule has 0 spiro atoms. The second-order valence-electron chi connectivity index (χ2n) is 6.06. The number of aliphatic hydroxyl groups excluding tert-OH is 1. The van der Waals surface area contributed by atoms with Gasteiger partial charge in [-0.15, -0.1) is 0 Å². The lowest BCUT2D eigenvalue weighted by Gasteiger charge is -2.29. The van der Waals surface area contributed by atoms with Crippen molar-refractivity contribution in [1.29, 1.82) is 0 Å². The van der Waals surface area contributed by atoms with Crippen molar-refractivity contribution in [1.82, 2.24) is 9.80 Å². The van der Waals surface area contributed by atoms with Crippen LogP contribution in [0.3, 0.4) is 0 Å². The van der Waals surface area contributed by atoms with E-state index in [1.54, 1.807) is 6.07 Å². The lowest BCUT2D eigenvalue weighted by Crippen LogP contribution is -2.38. The highest BCUT2D eigenvalue weighted by Gasteiger charge is 2.44. The summed E-state index contributed by atoms with van der Waals surface area (Å²) in [5.74, 6) is -1.78. The molecule has 8 nitrogen and oxygen atoms in total. The molecule has 1 aliphatic heterocycles. The molecular formula is C18H23N3O5. The standard InChI is InChI=1S/C18H23N3O5/c1-4-19(5-2)10-11-20-16(15(12(3)22)17(23)18(20)24)13-8-6-7-9-14(13)21(25)26/h6-9,16,23H,4-5,10-11H2,1-3H3/t16-/m0/s1. The number of Topliss-reactive ketones (excluding diaryl/α,β-unsaturated/α-hetero) is 1. The van der Waals surface area contributed by atoms with Gasteiger partial charge in [-0.3, -0.25) is 19.7 Å². The summed E-state index contributed by atoms with van der Waals surface area (Å²) in [5.41, 5.74) is -0.0601. The largest absolute Gasteiger partial charge is 0.503 e. The lowest BCUT2D eigenvalue weighted by molar-refractivity contribution is -0.385. The summed E-state index contributed by atoms with van der Waals surface area (Å²) in [6.45, 7) is 7.58. The minimum absolute atomic E-state index is 0.0937. The number of para-hydroxylation sites is 1. The second-order valence-corrected chi connectivity index (χ2v) is 6.06. The number of carbonyl (C=O) groups is 2. The zero-order valence-electron chi connectivity index (χ0n) is 15.1. The average molecular weight is 361 g/mol. The smallest absolute Gasteiger partial charge is 0.290 e. The molecule has 0 aliphatic carbocycles. The monoisotopic (exact) mass is 361 g/mol. The van der Waals surface area contributed by atoms with Crippen molar-refractivity contribution in [2.24, 2.45) is 0 Å². The summed E-state index contributed by atoms with van der Waals surface area (Å²) in [5, 5.41) is 21.6. The molecule has 1 atom stereocenters. The van der Waals surface area contributed by atoms with E-state index < -0.39 is 28.4 Å². The Kier molecular flexibility index (Phi) is 6.10. The van der Waals surface area contributed by atoms with Crippen LogP contribution < -0.4 is 0 Å².